The lowest BCUT2D eigenvalue weighted by Crippen LogP contribution is -2.67. The second kappa shape index (κ2) is 6.32. The van der Waals surface area contributed by atoms with Crippen molar-refractivity contribution in [3.63, 3.8) is 0 Å². The summed E-state index contributed by atoms with van der Waals surface area (Å²) in [6, 6.07) is 0. The van der Waals surface area contributed by atoms with E-state index in [1.54, 1.807) is 0 Å². The van der Waals surface area contributed by atoms with Gasteiger partial charge in [0.1, 0.15) is 12.0 Å². The van der Waals surface area contributed by atoms with E-state index in [1.165, 1.54) is 20.1 Å². The number of fused-ring (bicyclic) bond motifs is 1. The summed E-state index contributed by atoms with van der Waals surface area (Å²) in [4.78, 5) is 35.1. The maximum Gasteiger partial charge on any atom is 0.330 e. The molecule has 1 saturated heterocycles. The summed E-state index contributed by atoms with van der Waals surface area (Å²) >= 11 is 5.79. The molecule has 2 aliphatic rings. The highest BCUT2D eigenvalue weighted by Crippen LogP contribution is 2.39. The number of carbonyl (C=O) groups excluding carboxylic acids is 3. The van der Waals surface area contributed by atoms with Crippen molar-refractivity contribution in [2.24, 2.45) is 0 Å². The first-order valence-corrected chi connectivity index (χ1v) is 8.64. The number of alkyl halides is 1. The quantitative estimate of drug-likeness (QED) is 0.293. The number of sulfone groups is 1. The molecule has 0 N–H and O–H groups in total. The molecule has 10 heteroatoms. The molecule has 0 unspecified atom stereocenters. The van der Waals surface area contributed by atoms with E-state index >= 15 is 0 Å². The van der Waals surface area contributed by atoms with Gasteiger partial charge in [-0.25, -0.2) is 13.2 Å². The Kier molecular flexibility index (Phi) is 4.81. The predicted octanol–water partition coefficient (Wildman–Crippen LogP) is -0.263. The standard InChI is InChI=1S/C13H14ClNO7S/c1-7(16)22-5-8-6-23(19,20)13-11(14)12(18)15(13)9(8)3-4-10(17)21-2/h3-4,11,13H,5-6H2,1-2H3/b4-3+/t11-,13+/m0/s1. The topological polar surface area (TPSA) is 107 Å². The van der Waals surface area contributed by atoms with Gasteiger partial charge in [-0.05, 0) is 6.08 Å². The van der Waals surface area contributed by atoms with Crippen LogP contribution >= 0.6 is 11.6 Å². The highest BCUT2D eigenvalue weighted by molar-refractivity contribution is 7.92. The molecule has 0 radical (unpaired) electrons. The first-order valence-electron chi connectivity index (χ1n) is 6.49. The van der Waals surface area contributed by atoms with Crippen molar-refractivity contribution in [2.75, 3.05) is 19.5 Å². The molecule has 23 heavy (non-hydrogen) atoms. The van der Waals surface area contributed by atoms with E-state index in [1.807, 2.05) is 0 Å². The van der Waals surface area contributed by atoms with Crippen LogP contribution in [-0.4, -0.2) is 61.4 Å². The Balaban J connectivity index is 2.45. The van der Waals surface area contributed by atoms with Crippen molar-refractivity contribution in [1.82, 2.24) is 4.90 Å². The van der Waals surface area contributed by atoms with Crippen molar-refractivity contribution in [2.45, 2.75) is 17.7 Å². The molecule has 126 valence electrons. The molecule has 0 saturated carbocycles. The van der Waals surface area contributed by atoms with Gasteiger partial charge in [0.05, 0.1) is 12.9 Å². The summed E-state index contributed by atoms with van der Waals surface area (Å²) in [5.74, 6) is -2.29. The van der Waals surface area contributed by atoms with Crippen molar-refractivity contribution in [1.29, 1.82) is 0 Å². The monoisotopic (exact) mass is 363 g/mol. The molecule has 0 aromatic carbocycles. The summed E-state index contributed by atoms with van der Waals surface area (Å²) in [6.07, 6.45) is 2.31. The number of allylic oxidation sites excluding steroid dienone is 1. The molecular weight excluding hydrogens is 350 g/mol. The molecule has 0 aromatic rings. The van der Waals surface area contributed by atoms with Crippen LogP contribution in [0.4, 0.5) is 0 Å². The first kappa shape index (κ1) is 17.5. The van der Waals surface area contributed by atoms with Crippen molar-refractivity contribution in [3.8, 4) is 0 Å². The van der Waals surface area contributed by atoms with Gasteiger partial charge in [0.15, 0.2) is 15.2 Å². The molecule has 2 aliphatic heterocycles. The highest BCUT2D eigenvalue weighted by atomic mass is 35.5. The number of rotatable bonds is 4. The van der Waals surface area contributed by atoms with Gasteiger partial charge in [-0.3, -0.25) is 14.5 Å². The Morgan fingerprint density at radius 2 is 2.09 bits per heavy atom. The van der Waals surface area contributed by atoms with Crippen LogP contribution in [0.5, 0.6) is 0 Å². The fourth-order valence-electron chi connectivity index (χ4n) is 2.32. The fourth-order valence-corrected chi connectivity index (χ4v) is 4.91. The van der Waals surface area contributed by atoms with Gasteiger partial charge in [-0.15, -0.1) is 11.6 Å². The molecule has 2 atom stereocenters. The summed E-state index contributed by atoms with van der Waals surface area (Å²) < 4.78 is 33.7. The third-order valence-corrected chi connectivity index (χ3v) is 5.92. The lowest BCUT2D eigenvalue weighted by molar-refractivity contribution is -0.140. The Hall–Kier alpha value is -1.87. The molecule has 0 aromatic heterocycles. The van der Waals surface area contributed by atoms with Crippen molar-refractivity contribution in [3.05, 3.63) is 23.4 Å². The van der Waals surface area contributed by atoms with Crippen LogP contribution in [0.2, 0.25) is 0 Å². The minimum Gasteiger partial charge on any atom is -0.466 e. The lowest BCUT2D eigenvalue weighted by Gasteiger charge is -2.47. The Morgan fingerprint density at radius 3 is 2.65 bits per heavy atom. The summed E-state index contributed by atoms with van der Waals surface area (Å²) in [5.41, 5.74) is 0.367. The molecule has 0 aliphatic carbocycles. The van der Waals surface area contributed by atoms with Gasteiger partial charge in [0, 0.05) is 24.3 Å². The largest absolute Gasteiger partial charge is 0.466 e. The van der Waals surface area contributed by atoms with Gasteiger partial charge in [0.25, 0.3) is 0 Å². The van der Waals surface area contributed by atoms with Gasteiger partial charge in [-0.2, -0.15) is 0 Å². The lowest BCUT2D eigenvalue weighted by atomic mass is 10.1. The second-order valence-electron chi connectivity index (χ2n) is 4.93. The van der Waals surface area contributed by atoms with Gasteiger partial charge in [0.2, 0.25) is 5.91 Å². The van der Waals surface area contributed by atoms with Crippen LogP contribution in [0.3, 0.4) is 0 Å². The van der Waals surface area contributed by atoms with Crippen molar-refractivity contribution >= 4 is 39.3 Å². The van der Waals surface area contributed by atoms with E-state index in [0.29, 0.717) is 0 Å². The number of esters is 2. The van der Waals surface area contributed by atoms with Crippen LogP contribution in [0.15, 0.2) is 23.4 Å². The SMILES string of the molecule is COC(=O)/C=C/C1=C(COC(C)=O)CS(=O)(=O)[C@@H]2[C@@H](Cl)C(=O)N12. The summed E-state index contributed by atoms with van der Waals surface area (Å²) in [5, 5.41) is -2.35. The zero-order chi connectivity index (χ0) is 17.4. The van der Waals surface area contributed by atoms with E-state index in [-0.39, 0.29) is 17.9 Å². The highest BCUT2D eigenvalue weighted by Gasteiger charge is 2.57. The molecule has 1 amide bonds. The number of amides is 1. The molecule has 8 nitrogen and oxygen atoms in total. The number of β-lactam (4-membered cyclic amide) rings is 1. The van der Waals surface area contributed by atoms with Crippen LogP contribution in [0.25, 0.3) is 0 Å². The molecule has 0 spiro atoms. The third-order valence-electron chi connectivity index (χ3n) is 3.37. The molecule has 1 fully saturated rings. The molecule has 2 rings (SSSR count). The zero-order valence-electron chi connectivity index (χ0n) is 12.3. The van der Waals surface area contributed by atoms with Crippen LogP contribution < -0.4 is 0 Å². The van der Waals surface area contributed by atoms with E-state index in [4.69, 9.17) is 16.3 Å². The second-order valence-corrected chi connectivity index (χ2v) is 7.50. The smallest absolute Gasteiger partial charge is 0.330 e. The number of hydrogen-bond donors (Lipinski definition) is 0. The van der Waals surface area contributed by atoms with Crippen molar-refractivity contribution < 1.29 is 32.3 Å². The number of nitrogens with zero attached hydrogens (tertiary/aromatic N) is 1. The Labute approximate surface area is 137 Å². The normalized spacial score (nSPS) is 25.9. The molecular formula is C13H14ClNO7S. The third kappa shape index (κ3) is 3.25. The maximum absolute atomic E-state index is 12.2. The molecule has 0 bridgehead atoms. The summed E-state index contributed by atoms with van der Waals surface area (Å²) in [6.45, 7) is 0.868. The average molecular weight is 364 g/mol. The first-order chi connectivity index (χ1) is 10.7. The number of ether oxygens (including phenoxy) is 2. The number of methoxy groups -OCH3 is 1. The van der Waals surface area contributed by atoms with E-state index in [9.17, 15) is 22.8 Å². The van der Waals surface area contributed by atoms with Gasteiger partial charge in [-0.1, -0.05) is 0 Å². The Morgan fingerprint density at radius 1 is 1.43 bits per heavy atom. The average Bonchev–Trinajstić information content (AvgIpc) is 2.49. The van der Waals surface area contributed by atoms with Crippen LogP contribution in [0.1, 0.15) is 6.92 Å². The minimum absolute atomic E-state index is 0.179. The number of hydrogen-bond acceptors (Lipinski definition) is 7. The fraction of sp³-hybridized carbons (Fsp3) is 0.462. The van der Waals surface area contributed by atoms with E-state index in [0.717, 1.165) is 11.0 Å². The molecule has 2 heterocycles. The van der Waals surface area contributed by atoms with E-state index in [2.05, 4.69) is 4.74 Å². The van der Waals surface area contributed by atoms with E-state index < -0.39 is 44.2 Å². The van der Waals surface area contributed by atoms with Gasteiger partial charge >= 0.3 is 11.9 Å². The Bertz CT molecular complexity index is 725. The minimum atomic E-state index is -3.71. The zero-order valence-corrected chi connectivity index (χ0v) is 13.9. The van der Waals surface area contributed by atoms with Gasteiger partial charge < -0.3 is 9.47 Å². The number of halogens is 1. The van der Waals surface area contributed by atoms with Crippen LogP contribution in [-0.2, 0) is 33.7 Å². The number of carbonyl (C=O) groups is 3. The van der Waals surface area contributed by atoms with Crippen LogP contribution in [0, 0.1) is 0 Å². The maximum atomic E-state index is 12.2. The summed E-state index contributed by atoms with van der Waals surface area (Å²) in [7, 11) is -2.53. The predicted molar refractivity (Wildman–Crippen MR) is 78.9 cm³/mol.